The molecule has 0 unspecified atom stereocenters. The Morgan fingerprint density at radius 1 is 1.41 bits per heavy atom. The van der Waals surface area contributed by atoms with E-state index in [1.165, 1.54) is 7.11 Å². The Bertz CT molecular complexity index is 371. The molecule has 1 rings (SSSR count). The van der Waals surface area contributed by atoms with Crippen molar-refractivity contribution >= 4 is 17.5 Å². The maximum absolute atomic E-state index is 11.4. The second-order valence-corrected chi connectivity index (χ2v) is 3.93. The molecule has 0 fully saturated rings. The van der Waals surface area contributed by atoms with E-state index in [0.29, 0.717) is 23.9 Å². The van der Waals surface area contributed by atoms with Crippen molar-refractivity contribution in [1.82, 2.24) is 4.90 Å². The summed E-state index contributed by atoms with van der Waals surface area (Å²) < 4.78 is 10.2. The van der Waals surface area contributed by atoms with Gasteiger partial charge in [0.1, 0.15) is 19.0 Å². The van der Waals surface area contributed by atoms with Crippen LogP contribution in [0.25, 0.3) is 0 Å². The van der Waals surface area contributed by atoms with Crippen molar-refractivity contribution in [3.63, 3.8) is 0 Å². The summed E-state index contributed by atoms with van der Waals surface area (Å²) in [5.41, 5.74) is 0. The standard InChI is InChI=1S/C12H16ClNO3/c1-14(12(15)9-16-2)7-8-17-11-6-4-3-5-10(11)13/h3-6H,7-9H2,1-2H3. The first-order valence-corrected chi connectivity index (χ1v) is 5.63. The smallest absolute Gasteiger partial charge is 0.248 e. The lowest BCUT2D eigenvalue weighted by molar-refractivity contribution is -0.134. The molecule has 1 amide bonds. The maximum Gasteiger partial charge on any atom is 0.248 e. The number of hydrogen-bond donors (Lipinski definition) is 0. The summed E-state index contributed by atoms with van der Waals surface area (Å²) in [4.78, 5) is 12.9. The molecular weight excluding hydrogens is 242 g/mol. The minimum Gasteiger partial charge on any atom is -0.490 e. The van der Waals surface area contributed by atoms with E-state index in [2.05, 4.69) is 0 Å². The molecule has 0 atom stereocenters. The normalized spacial score (nSPS) is 10.1. The molecule has 0 bridgehead atoms. The third-order valence-electron chi connectivity index (χ3n) is 2.21. The van der Waals surface area contributed by atoms with Crippen LogP contribution in [-0.2, 0) is 9.53 Å². The zero-order valence-electron chi connectivity index (χ0n) is 9.98. The van der Waals surface area contributed by atoms with E-state index in [9.17, 15) is 4.79 Å². The lowest BCUT2D eigenvalue weighted by Crippen LogP contribution is -2.33. The van der Waals surface area contributed by atoms with Crippen LogP contribution < -0.4 is 4.74 Å². The molecule has 17 heavy (non-hydrogen) atoms. The minimum atomic E-state index is -0.0738. The molecule has 5 heteroatoms. The van der Waals surface area contributed by atoms with E-state index in [0.717, 1.165) is 0 Å². The van der Waals surface area contributed by atoms with E-state index in [4.69, 9.17) is 21.1 Å². The number of hydrogen-bond acceptors (Lipinski definition) is 3. The van der Waals surface area contributed by atoms with Gasteiger partial charge in [0.25, 0.3) is 0 Å². The average molecular weight is 258 g/mol. The maximum atomic E-state index is 11.4. The predicted octanol–water partition coefficient (Wildman–Crippen LogP) is 1.82. The van der Waals surface area contributed by atoms with Crippen LogP contribution in [0.3, 0.4) is 0 Å². The quantitative estimate of drug-likeness (QED) is 0.780. The molecule has 0 radical (unpaired) electrons. The van der Waals surface area contributed by atoms with Gasteiger partial charge in [-0.1, -0.05) is 23.7 Å². The second-order valence-electron chi connectivity index (χ2n) is 3.53. The number of benzene rings is 1. The first kappa shape index (κ1) is 13.8. The van der Waals surface area contributed by atoms with Crippen molar-refractivity contribution < 1.29 is 14.3 Å². The van der Waals surface area contributed by atoms with E-state index in [1.54, 1.807) is 24.1 Å². The van der Waals surface area contributed by atoms with Crippen LogP contribution in [0.1, 0.15) is 0 Å². The molecule has 0 aliphatic heterocycles. The minimum absolute atomic E-state index is 0.0738. The second kappa shape index (κ2) is 7.14. The van der Waals surface area contributed by atoms with Gasteiger partial charge in [0.05, 0.1) is 11.6 Å². The fourth-order valence-electron chi connectivity index (χ4n) is 1.21. The summed E-state index contributed by atoms with van der Waals surface area (Å²) in [6.07, 6.45) is 0. The molecule has 4 nitrogen and oxygen atoms in total. The van der Waals surface area contributed by atoms with E-state index >= 15 is 0 Å². The molecule has 1 aromatic rings. The van der Waals surface area contributed by atoms with Gasteiger partial charge in [-0.2, -0.15) is 0 Å². The van der Waals surface area contributed by atoms with Crippen molar-refractivity contribution in [2.75, 3.05) is 33.9 Å². The molecule has 1 aromatic carbocycles. The van der Waals surface area contributed by atoms with Crippen molar-refractivity contribution in [3.8, 4) is 5.75 Å². The number of nitrogens with zero attached hydrogens (tertiary/aromatic N) is 1. The number of carbonyl (C=O) groups excluding carboxylic acids is 1. The molecule has 94 valence electrons. The van der Waals surface area contributed by atoms with Crippen LogP contribution in [0.5, 0.6) is 5.75 Å². The SMILES string of the molecule is COCC(=O)N(C)CCOc1ccccc1Cl. The Hall–Kier alpha value is -1.26. The van der Waals surface area contributed by atoms with Gasteiger partial charge < -0.3 is 14.4 Å². The number of ether oxygens (including phenoxy) is 2. The molecule has 0 saturated carbocycles. The Balaban J connectivity index is 2.33. The Kier molecular flexibility index (Phi) is 5.80. The summed E-state index contributed by atoms with van der Waals surface area (Å²) in [5.74, 6) is 0.553. The highest BCUT2D eigenvalue weighted by atomic mass is 35.5. The number of carbonyl (C=O) groups is 1. The molecule has 0 aromatic heterocycles. The van der Waals surface area contributed by atoms with Gasteiger partial charge in [-0.25, -0.2) is 0 Å². The lowest BCUT2D eigenvalue weighted by Gasteiger charge is -2.17. The van der Waals surface area contributed by atoms with Gasteiger partial charge in [0, 0.05) is 14.2 Å². The molecule has 0 aliphatic rings. The van der Waals surface area contributed by atoms with E-state index < -0.39 is 0 Å². The van der Waals surface area contributed by atoms with Crippen LogP contribution in [0.2, 0.25) is 5.02 Å². The van der Waals surface area contributed by atoms with Crippen LogP contribution in [0, 0.1) is 0 Å². The molecule has 0 heterocycles. The lowest BCUT2D eigenvalue weighted by atomic mass is 10.3. The highest BCUT2D eigenvalue weighted by Gasteiger charge is 2.08. The zero-order chi connectivity index (χ0) is 12.7. The van der Waals surface area contributed by atoms with Gasteiger partial charge in [0.2, 0.25) is 5.91 Å². The fraction of sp³-hybridized carbons (Fsp3) is 0.417. The van der Waals surface area contributed by atoms with Crippen LogP contribution >= 0.6 is 11.6 Å². The van der Waals surface area contributed by atoms with Gasteiger partial charge in [-0.3, -0.25) is 4.79 Å². The Morgan fingerprint density at radius 3 is 2.76 bits per heavy atom. The first-order chi connectivity index (χ1) is 8.15. The molecular formula is C12H16ClNO3. The van der Waals surface area contributed by atoms with Gasteiger partial charge in [-0.05, 0) is 12.1 Å². The van der Waals surface area contributed by atoms with Gasteiger partial charge in [-0.15, -0.1) is 0 Å². The summed E-state index contributed by atoms with van der Waals surface area (Å²) in [5, 5.41) is 0.568. The average Bonchev–Trinajstić information content (AvgIpc) is 2.31. The Labute approximate surface area is 106 Å². The van der Waals surface area contributed by atoms with Crippen LogP contribution in [0.15, 0.2) is 24.3 Å². The highest BCUT2D eigenvalue weighted by molar-refractivity contribution is 6.32. The third kappa shape index (κ3) is 4.63. The summed E-state index contributed by atoms with van der Waals surface area (Å²) >= 11 is 5.93. The zero-order valence-corrected chi connectivity index (χ0v) is 10.7. The van der Waals surface area contributed by atoms with Crippen molar-refractivity contribution in [1.29, 1.82) is 0 Å². The third-order valence-corrected chi connectivity index (χ3v) is 2.53. The topological polar surface area (TPSA) is 38.8 Å². The number of halogens is 1. The summed E-state index contributed by atoms with van der Waals surface area (Å²) in [7, 11) is 3.20. The van der Waals surface area contributed by atoms with Crippen molar-refractivity contribution in [3.05, 3.63) is 29.3 Å². The largest absolute Gasteiger partial charge is 0.490 e. The Morgan fingerprint density at radius 2 is 2.12 bits per heavy atom. The number of para-hydroxylation sites is 1. The summed E-state index contributed by atoms with van der Waals surface area (Å²) in [6.45, 7) is 0.978. The first-order valence-electron chi connectivity index (χ1n) is 5.25. The van der Waals surface area contributed by atoms with E-state index in [1.807, 2.05) is 12.1 Å². The van der Waals surface area contributed by atoms with Crippen LogP contribution in [0.4, 0.5) is 0 Å². The fourth-order valence-corrected chi connectivity index (χ4v) is 1.40. The number of likely N-dealkylation sites (N-methyl/N-ethyl adjacent to an activating group) is 1. The predicted molar refractivity (Wildman–Crippen MR) is 66.5 cm³/mol. The van der Waals surface area contributed by atoms with Crippen molar-refractivity contribution in [2.45, 2.75) is 0 Å². The molecule has 0 spiro atoms. The highest BCUT2D eigenvalue weighted by Crippen LogP contribution is 2.22. The monoisotopic (exact) mass is 257 g/mol. The summed E-state index contributed by atoms with van der Waals surface area (Å²) in [6, 6.07) is 7.24. The molecule has 0 aliphatic carbocycles. The van der Waals surface area contributed by atoms with E-state index in [-0.39, 0.29) is 12.5 Å². The molecule has 0 N–H and O–H groups in total. The van der Waals surface area contributed by atoms with Gasteiger partial charge in [0.15, 0.2) is 0 Å². The van der Waals surface area contributed by atoms with Gasteiger partial charge >= 0.3 is 0 Å². The van der Waals surface area contributed by atoms with Crippen molar-refractivity contribution in [2.24, 2.45) is 0 Å². The molecule has 0 saturated heterocycles. The van der Waals surface area contributed by atoms with Crippen LogP contribution in [-0.4, -0.2) is 44.7 Å². The number of amides is 1. The number of methoxy groups -OCH3 is 1. The number of rotatable bonds is 6.